The minimum absolute atomic E-state index is 0.00602. The van der Waals surface area contributed by atoms with Crippen LogP contribution in [-0.2, 0) is 4.74 Å². The van der Waals surface area contributed by atoms with Gasteiger partial charge >= 0.3 is 0 Å². The van der Waals surface area contributed by atoms with Gasteiger partial charge in [-0.25, -0.2) is 0 Å². The van der Waals surface area contributed by atoms with E-state index < -0.39 is 0 Å². The van der Waals surface area contributed by atoms with E-state index in [0.717, 1.165) is 0 Å². The van der Waals surface area contributed by atoms with E-state index in [0.29, 0.717) is 18.4 Å². The number of aliphatic hydroxyl groups is 1. The van der Waals surface area contributed by atoms with Gasteiger partial charge in [0, 0.05) is 12.6 Å². The second kappa shape index (κ2) is 6.35. The summed E-state index contributed by atoms with van der Waals surface area (Å²) >= 11 is 0. The van der Waals surface area contributed by atoms with Gasteiger partial charge in [-0.2, -0.15) is 0 Å². The van der Waals surface area contributed by atoms with E-state index >= 15 is 0 Å². The van der Waals surface area contributed by atoms with Crippen LogP contribution in [0.15, 0.2) is 0 Å². The maximum absolute atomic E-state index is 9.05. The maximum Gasteiger partial charge on any atom is 0.0958 e. The number of hydrogen-bond acceptors (Lipinski definition) is 3. The van der Waals surface area contributed by atoms with Crippen molar-refractivity contribution < 1.29 is 9.84 Å². The molecule has 80 valence electrons. The van der Waals surface area contributed by atoms with Gasteiger partial charge in [0.2, 0.25) is 0 Å². The zero-order chi connectivity index (χ0) is 10.4. The van der Waals surface area contributed by atoms with Crippen molar-refractivity contribution in [2.75, 3.05) is 13.2 Å². The predicted molar refractivity (Wildman–Crippen MR) is 54.5 cm³/mol. The maximum atomic E-state index is 9.05. The Kier molecular flexibility index (Phi) is 6.29. The molecule has 0 aromatic rings. The fraction of sp³-hybridized carbons (Fsp3) is 1.00. The third kappa shape index (κ3) is 5.24. The summed E-state index contributed by atoms with van der Waals surface area (Å²) in [5.74, 6) is 0.817. The fourth-order valence-electron chi connectivity index (χ4n) is 1.03. The first-order chi connectivity index (χ1) is 5.99. The molecule has 2 atom stereocenters. The summed E-state index contributed by atoms with van der Waals surface area (Å²) in [4.78, 5) is 0. The standard InChI is InChI=1S/C10H23NO2/c1-7(2)6-13-9(5-12)10(11)8(3)4/h7-10,12H,5-6,11H2,1-4H3. The van der Waals surface area contributed by atoms with Gasteiger partial charge in [0.1, 0.15) is 0 Å². The highest BCUT2D eigenvalue weighted by Gasteiger charge is 2.20. The van der Waals surface area contributed by atoms with Crippen molar-refractivity contribution in [3.63, 3.8) is 0 Å². The lowest BCUT2D eigenvalue weighted by Crippen LogP contribution is -2.43. The normalized spacial score (nSPS) is 16.6. The molecule has 0 fully saturated rings. The van der Waals surface area contributed by atoms with Gasteiger partial charge in [0.05, 0.1) is 12.7 Å². The molecule has 2 unspecified atom stereocenters. The first kappa shape index (κ1) is 12.9. The molecule has 0 saturated carbocycles. The Labute approximate surface area is 81.3 Å². The number of ether oxygens (including phenoxy) is 1. The van der Waals surface area contributed by atoms with E-state index in [1.807, 2.05) is 13.8 Å². The van der Waals surface area contributed by atoms with Gasteiger partial charge in [0.25, 0.3) is 0 Å². The molecule has 0 bridgehead atoms. The van der Waals surface area contributed by atoms with Crippen LogP contribution in [0.3, 0.4) is 0 Å². The summed E-state index contributed by atoms with van der Waals surface area (Å²) < 4.78 is 5.50. The highest BCUT2D eigenvalue weighted by Crippen LogP contribution is 2.08. The van der Waals surface area contributed by atoms with Crippen molar-refractivity contribution in [1.29, 1.82) is 0 Å². The van der Waals surface area contributed by atoms with Crippen molar-refractivity contribution in [1.82, 2.24) is 0 Å². The van der Waals surface area contributed by atoms with Crippen LogP contribution in [-0.4, -0.2) is 30.5 Å². The second-order valence-electron chi connectivity index (χ2n) is 4.27. The summed E-state index contributed by atoms with van der Waals surface area (Å²) in [6.45, 7) is 8.89. The van der Waals surface area contributed by atoms with Gasteiger partial charge in [-0.1, -0.05) is 27.7 Å². The van der Waals surface area contributed by atoms with E-state index in [-0.39, 0.29) is 18.8 Å². The zero-order valence-corrected chi connectivity index (χ0v) is 9.16. The van der Waals surface area contributed by atoms with E-state index in [2.05, 4.69) is 13.8 Å². The quantitative estimate of drug-likeness (QED) is 0.655. The molecular formula is C10H23NO2. The Morgan fingerprint density at radius 1 is 1.23 bits per heavy atom. The van der Waals surface area contributed by atoms with E-state index in [1.165, 1.54) is 0 Å². The minimum Gasteiger partial charge on any atom is -0.394 e. The van der Waals surface area contributed by atoms with Crippen molar-refractivity contribution in [2.24, 2.45) is 17.6 Å². The van der Waals surface area contributed by atoms with E-state index in [1.54, 1.807) is 0 Å². The fourth-order valence-corrected chi connectivity index (χ4v) is 1.03. The molecule has 0 amide bonds. The molecular weight excluding hydrogens is 166 g/mol. The molecule has 0 heterocycles. The first-order valence-electron chi connectivity index (χ1n) is 4.97. The van der Waals surface area contributed by atoms with Gasteiger partial charge < -0.3 is 15.6 Å². The van der Waals surface area contributed by atoms with Crippen LogP contribution in [0.2, 0.25) is 0 Å². The molecule has 3 N–H and O–H groups in total. The van der Waals surface area contributed by atoms with Crippen LogP contribution in [0.4, 0.5) is 0 Å². The molecule has 0 aliphatic carbocycles. The Morgan fingerprint density at radius 2 is 1.77 bits per heavy atom. The lowest BCUT2D eigenvalue weighted by Gasteiger charge is -2.26. The molecule has 0 radical (unpaired) electrons. The van der Waals surface area contributed by atoms with Crippen LogP contribution < -0.4 is 5.73 Å². The average Bonchev–Trinajstić information content (AvgIpc) is 2.04. The van der Waals surface area contributed by atoms with Crippen LogP contribution in [0.5, 0.6) is 0 Å². The molecule has 0 rings (SSSR count). The van der Waals surface area contributed by atoms with Gasteiger partial charge in [0.15, 0.2) is 0 Å². The predicted octanol–water partition coefficient (Wildman–Crippen LogP) is 1.00. The van der Waals surface area contributed by atoms with Crippen LogP contribution >= 0.6 is 0 Å². The van der Waals surface area contributed by atoms with Crippen LogP contribution in [0.1, 0.15) is 27.7 Å². The Balaban J connectivity index is 3.87. The monoisotopic (exact) mass is 189 g/mol. The third-order valence-corrected chi connectivity index (χ3v) is 2.02. The van der Waals surface area contributed by atoms with Crippen LogP contribution in [0.25, 0.3) is 0 Å². The molecule has 0 aliphatic heterocycles. The van der Waals surface area contributed by atoms with Crippen LogP contribution in [0, 0.1) is 11.8 Å². The van der Waals surface area contributed by atoms with Crippen molar-refractivity contribution >= 4 is 0 Å². The molecule has 3 nitrogen and oxygen atoms in total. The van der Waals surface area contributed by atoms with Gasteiger partial charge in [-0.15, -0.1) is 0 Å². The highest BCUT2D eigenvalue weighted by molar-refractivity contribution is 4.75. The second-order valence-corrected chi connectivity index (χ2v) is 4.27. The summed E-state index contributed by atoms with van der Waals surface area (Å²) in [5.41, 5.74) is 5.87. The average molecular weight is 189 g/mol. The number of nitrogens with two attached hydrogens (primary N) is 1. The molecule has 0 saturated heterocycles. The van der Waals surface area contributed by atoms with Crippen molar-refractivity contribution in [3.05, 3.63) is 0 Å². The summed E-state index contributed by atoms with van der Waals surface area (Å²) in [5, 5.41) is 9.05. The highest BCUT2D eigenvalue weighted by atomic mass is 16.5. The smallest absolute Gasteiger partial charge is 0.0958 e. The lowest BCUT2D eigenvalue weighted by molar-refractivity contribution is -0.0219. The minimum atomic E-state index is -0.220. The lowest BCUT2D eigenvalue weighted by atomic mass is 10.00. The summed E-state index contributed by atoms with van der Waals surface area (Å²) in [6, 6.07) is -0.0799. The molecule has 0 aromatic carbocycles. The molecule has 0 spiro atoms. The number of aliphatic hydroxyl groups excluding tert-OH is 1. The molecule has 0 aliphatic rings. The largest absolute Gasteiger partial charge is 0.394 e. The number of hydrogen-bond donors (Lipinski definition) is 2. The zero-order valence-electron chi connectivity index (χ0n) is 9.16. The van der Waals surface area contributed by atoms with Gasteiger partial charge in [-0.3, -0.25) is 0 Å². The third-order valence-electron chi connectivity index (χ3n) is 2.02. The van der Waals surface area contributed by atoms with Gasteiger partial charge in [-0.05, 0) is 11.8 Å². The Bertz CT molecular complexity index is 126. The first-order valence-corrected chi connectivity index (χ1v) is 4.97. The topological polar surface area (TPSA) is 55.5 Å². The Hall–Kier alpha value is -0.120. The molecule has 3 heteroatoms. The van der Waals surface area contributed by atoms with Crippen molar-refractivity contribution in [3.8, 4) is 0 Å². The van der Waals surface area contributed by atoms with E-state index in [4.69, 9.17) is 15.6 Å². The van der Waals surface area contributed by atoms with E-state index in [9.17, 15) is 0 Å². The van der Waals surface area contributed by atoms with Crippen molar-refractivity contribution in [2.45, 2.75) is 39.8 Å². The molecule has 0 aromatic heterocycles. The number of rotatable bonds is 6. The summed E-state index contributed by atoms with van der Waals surface area (Å²) in [6.07, 6.45) is -0.220. The summed E-state index contributed by atoms with van der Waals surface area (Å²) in [7, 11) is 0. The molecule has 13 heavy (non-hydrogen) atoms. The SMILES string of the molecule is CC(C)COC(CO)C(N)C(C)C. The Morgan fingerprint density at radius 3 is 2.08 bits per heavy atom.